The summed E-state index contributed by atoms with van der Waals surface area (Å²) in [5, 5.41) is 0. The van der Waals surface area contributed by atoms with Crippen LogP contribution >= 0.6 is 0 Å². The van der Waals surface area contributed by atoms with Gasteiger partial charge in [0.1, 0.15) is 17.4 Å². The Morgan fingerprint density at radius 2 is 1.33 bits per heavy atom. The lowest BCUT2D eigenvalue weighted by molar-refractivity contribution is -0.986. The zero-order chi connectivity index (χ0) is 19.8. The van der Waals surface area contributed by atoms with Gasteiger partial charge in [0.25, 0.3) is 0 Å². The first-order valence-corrected chi connectivity index (χ1v) is 9.68. The molecule has 0 saturated carbocycles. The number of carbonyl (C=O) groups is 1. The minimum Gasteiger partial charge on any atom is -0.457 e. The van der Waals surface area contributed by atoms with E-state index in [1.54, 1.807) is 0 Å². The summed E-state index contributed by atoms with van der Waals surface area (Å²) in [6, 6.07) is 16.1. The smallest absolute Gasteiger partial charge is 0.322 e. The quantitative estimate of drug-likeness (QED) is 0.420. The Morgan fingerprint density at radius 3 is 1.78 bits per heavy atom. The topological polar surface area (TPSA) is 35.5 Å². The normalized spacial score (nSPS) is 15.1. The third-order valence-corrected chi connectivity index (χ3v) is 6.21. The molecule has 1 aliphatic rings. The minimum atomic E-state index is -0.471. The molecule has 0 aromatic heterocycles. The number of hydrogen-bond acceptors (Lipinski definition) is 3. The summed E-state index contributed by atoms with van der Waals surface area (Å²) < 4.78 is 12.7. The van der Waals surface area contributed by atoms with Crippen LogP contribution in [0.2, 0.25) is 0 Å². The Hall–Kier alpha value is -2.33. The number of carbonyl (C=O) groups excluding carboxylic acids is 1. The molecule has 1 aliphatic heterocycles. The maximum atomic E-state index is 13.3. The number of quaternary nitrogens is 1. The number of hydrogen-bond donors (Lipinski definition) is 0. The lowest BCUT2D eigenvalue weighted by Gasteiger charge is -2.46. The van der Waals surface area contributed by atoms with Crippen LogP contribution in [-0.4, -0.2) is 35.8 Å². The van der Waals surface area contributed by atoms with Gasteiger partial charge in [0.05, 0.1) is 19.1 Å². The van der Waals surface area contributed by atoms with E-state index in [1.807, 2.05) is 55.5 Å². The van der Waals surface area contributed by atoms with Crippen LogP contribution in [0, 0.1) is 0 Å². The van der Waals surface area contributed by atoms with E-state index in [0.717, 1.165) is 22.6 Å². The van der Waals surface area contributed by atoms with Gasteiger partial charge in [-0.2, -0.15) is 0 Å². The summed E-state index contributed by atoms with van der Waals surface area (Å²) in [7, 11) is 2.15. The largest absolute Gasteiger partial charge is 0.457 e. The SMILES string of the molecule is CC(C)[N+](C)(C(C)C)C(C)OC(=O)C1c2ccccc2Oc2ccccc21. The highest BCUT2D eigenvalue weighted by atomic mass is 16.6. The van der Waals surface area contributed by atoms with E-state index in [4.69, 9.17) is 9.47 Å². The van der Waals surface area contributed by atoms with Gasteiger partial charge in [0, 0.05) is 18.1 Å². The van der Waals surface area contributed by atoms with Gasteiger partial charge in [0.15, 0.2) is 0 Å². The molecule has 27 heavy (non-hydrogen) atoms. The van der Waals surface area contributed by atoms with Crippen molar-refractivity contribution < 1.29 is 18.8 Å². The van der Waals surface area contributed by atoms with Crippen LogP contribution in [0.1, 0.15) is 51.7 Å². The van der Waals surface area contributed by atoms with Crippen molar-refractivity contribution in [2.75, 3.05) is 7.05 Å². The van der Waals surface area contributed by atoms with Crippen molar-refractivity contribution in [2.24, 2.45) is 0 Å². The monoisotopic (exact) mass is 368 g/mol. The first-order valence-electron chi connectivity index (χ1n) is 9.68. The standard InChI is InChI=1S/C23H30NO3/c1-15(2)24(6,16(3)4)17(5)26-23(25)22-18-11-7-9-13-20(18)27-21-14-10-8-12-19(21)22/h7-17,22H,1-6H3/q+1. The summed E-state index contributed by atoms with van der Waals surface area (Å²) in [6.45, 7) is 10.7. The molecule has 1 unspecified atom stereocenters. The van der Waals surface area contributed by atoms with Crippen LogP contribution in [0.5, 0.6) is 11.5 Å². The van der Waals surface area contributed by atoms with E-state index in [-0.39, 0.29) is 12.2 Å². The molecule has 4 nitrogen and oxygen atoms in total. The summed E-state index contributed by atoms with van der Waals surface area (Å²) >= 11 is 0. The number of ether oxygens (including phenoxy) is 2. The van der Waals surface area contributed by atoms with E-state index in [0.29, 0.717) is 16.6 Å². The van der Waals surface area contributed by atoms with E-state index < -0.39 is 5.92 Å². The molecule has 0 saturated heterocycles. The van der Waals surface area contributed by atoms with Gasteiger partial charge in [-0.3, -0.25) is 9.28 Å². The molecule has 144 valence electrons. The summed E-state index contributed by atoms with van der Waals surface area (Å²) in [4.78, 5) is 13.3. The summed E-state index contributed by atoms with van der Waals surface area (Å²) in [5.41, 5.74) is 1.72. The molecule has 1 heterocycles. The number of nitrogens with zero attached hydrogens (tertiary/aromatic N) is 1. The third kappa shape index (κ3) is 3.34. The Balaban J connectivity index is 1.96. The van der Waals surface area contributed by atoms with Crippen LogP contribution < -0.4 is 4.74 Å². The molecular weight excluding hydrogens is 338 g/mol. The molecule has 0 radical (unpaired) electrons. The molecule has 0 aliphatic carbocycles. The van der Waals surface area contributed by atoms with Crippen molar-refractivity contribution in [1.29, 1.82) is 0 Å². The number of para-hydroxylation sites is 2. The zero-order valence-electron chi connectivity index (χ0n) is 17.1. The van der Waals surface area contributed by atoms with Gasteiger partial charge < -0.3 is 9.47 Å². The van der Waals surface area contributed by atoms with Gasteiger partial charge >= 0.3 is 5.97 Å². The average molecular weight is 368 g/mol. The second kappa shape index (κ2) is 7.35. The Morgan fingerprint density at radius 1 is 0.889 bits per heavy atom. The van der Waals surface area contributed by atoms with Gasteiger partial charge in [-0.25, -0.2) is 0 Å². The predicted octanol–water partition coefficient (Wildman–Crippen LogP) is 5.08. The van der Waals surface area contributed by atoms with Crippen molar-refractivity contribution in [3.63, 3.8) is 0 Å². The van der Waals surface area contributed by atoms with Crippen LogP contribution in [0.25, 0.3) is 0 Å². The molecule has 0 fully saturated rings. The molecule has 0 N–H and O–H groups in total. The number of rotatable bonds is 5. The summed E-state index contributed by atoms with van der Waals surface area (Å²) in [5.74, 6) is 0.740. The molecule has 4 heteroatoms. The zero-order valence-corrected chi connectivity index (χ0v) is 17.1. The molecule has 2 aromatic rings. The molecule has 0 bridgehead atoms. The fourth-order valence-corrected chi connectivity index (χ4v) is 3.95. The maximum absolute atomic E-state index is 13.3. The first-order chi connectivity index (χ1) is 12.8. The molecule has 2 aromatic carbocycles. The van der Waals surface area contributed by atoms with E-state index in [2.05, 4.69) is 34.7 Å². The molecule has 0 amide bonds. The van der Waals surface area contributed by atoms with E-state index >= 15 is 0 Å². The maximum Gasteiger partial charge on any atom is 0.322 e. The average Bonchev–Trinajstić information content (AvgIpc) is 2.64. The van der Waals surface area contributed by atoms with Crippen molar-refractivity contribution in [1.82, 2.24) is 0 Å². The number of esters is 1. The number of fused-ring (bicyclic) bond motifs is 2. The fraction of sp³-hybridized carbons (Fsp3) is 0.435. The number of benzene rings is 2. The Bertz CT molecular complexity index is 774. The van der Waals surface area contributed by atoms with E-state index in [1.165, 1.54) is 0 Å². The van der Waals surface area contributed by atoms with E-state index in [9.17, 15) is 4.79 Å². The fourth-order valence-electron chi connectivity index (χ4n) is 3.95. The van der Waals surface area contributed by atoms with Gasteiger partial charge in [0.2, 0.25) is 6.23 Å². The van der Waals surface area contributed by atoms with Crippen LogP contribution in [0.3, 0.4) is 0 Å². The highest BCUT2D eigenvalue weighted by molar-refractivity contribution is 5.85. The van der Waals surface area contributed by atoms with Crippen molar-refractivity contribution in [3.8, 4) is 11.5 Å². The molecule has 3 rings (SSSR count). The molecule has 0 spiro atoms. The van der Waals surface area contributed by atoms with Crippen LogP contribution in [0.4, 0.5) is 0 Å². The minimum absolute atomic E-state index is 0.226. The Labute approximate surface area is 162 Å². The van der Waals surface area contributed by atoms with Crippen molar-refractivity contribution in [3.05, 3.63) is 59.7 Å². The summed E-state index contributed by atoms with van der Waals surface area (Å²) in [6.07, 6.45) is -0.250. The second-order valence-electron chi connectivity index (χ2n) is 8.06. The lowest BCUT2D eigenvalue weighted by atomic mass is 9.88. The van der Waals surface area contributed by atoms with Crippen LogP contribution in [0.15, 0.2) is 48.5 Å². The molecule has 1 atom stereocenters. The highest BCUT2D eigenvalue weighted by Crippen LogP contribution is 2.44. The first kappa shape index (κ1) is 19.4. The van der Waals surface area contributed by atoms with Gasteiger partial charge in [-0.05, 0) is 39.8 Å². The third-order valence-electron chi connectivity index (χ3n) is 6.21. The predicted molar refractivity (Wildman–Crippen MR) is 107 cm³/mol. The van der Waals surface area contributed by atoms with Crippen molar-refractivity contribution in [2.45, 2.75) is 58.8 Å². The lowest BCUT2D eigenvalue weighted by Crippen LogP contribution is -2.61. The van der Waals surface area contributed by atoms with Gasteiger partial charge in [-0.1, -0.05) is 36.4 Å². The highest BCUT2D eigenvalue weighted by Gasteiger charge is 2.41. The van der Waals surface area contributed by atoms with Gasteiger partial charge in [-0.15, -0.1) is 0 Å². The Kier molecular flexibility index (Phi) is 5.29. The second-order valence-corrected chi connectivity index (χ2v) is 8.06. The molecular formula is C23H30NO3+. The van der Waals surface area contributed by atoms with Crippen molar-refractivity contribution >= 4 is 5.97 Å². The van der Waals surface area contributed by atoms with Crippen LogP contribution in [-0.2, 0) is 9.53 Å².